The van der Waals surface area contributed by atoms with Gasteiger partial charge in [-0.25, -0.2) is 0 Å². The predicted octanol–water partition coefficient (Wildman–Crippen LogP) is 1.31. The minimum absolute atomic E-state index is 0.00190. The first kappa shape index (κ1) is 4.37. The van der Waals surface area contributed by atoms with Crippen LogP contribution in [-0.4, -0.2) is 11.4 Å². The lowest BCUT2D eigenvalue weighted by molar-refractivity contribution is -0.123. The normalized spacial score (nSPS) is 40.9. The molecule has 1 saturated carbocycles. The van der Waals surface area contributed by atoms with E-state index in [9.17, 15) is 4.79 Å². The molecule has 0 heterocycles. The van der Waals surface area contributed by atoms with E-state index in [0.29, 0.717) is 0 Å². The summed E-state index contributed by atoms with van der Waals surface area (Å²) in [5, 5.41) is 2.61. The molecule has 0 radical (unpaired) electrons. The van der Waals surface area contributed by atoms with Crippen molar-refractivity contribution in [3.8, 4) is 0 Å². The van der Waals surface area contributed by atoms with Crippen molar-refractivity contribution in [2.24, 2.45) is 5.89 Å². The predicted molar refractivity (Wildman–Crippen MR) is 40.6 cm³/mol. The molecule has 0 bridgehead atoms. The van der Waals surface area contributed by atoms with Crippen molar-refractivity contribution in [1.82, 2.24) is 5.32 Å². The number of rotatable bonds is 1. The number of carbonyl (C=O) groups is 1. The van der Waals surface area contributed by atoms with Crippen LogP contribution in [0.5, 0.6) is 0 Å². The second kappa shape index (κ2) is 2.26. The van der Waals surface area contributed by atoms with Gasteiger partial charge >= 0.3 is 0 Å². The van der Waals surface area contributed by atoms with Crippen LogP contribution >= 0.6 is 0 Å². The van der Waals surface area contributed by atoms with Gasteiger partial charge in [0.15, 0.2) is 0 Å². The van der Waals surface area contributed by atoms with Crippen LogP contribution in [0, 0.1) is 5.89 Å². The van der Waals surface area contributed by atoms with Crippen LogP contribution in [0.4, 0.5) is 0 Å². The van der Waals surface area contributed by atoms with E-state index >= 15 is 0 Å². The summed E-state index contributed by atoms with van der Waals surface area (Å²) in [6.07, 6.45) is -1.65. The molecular formula is C8H15NO. The first-order valence-corrected chi connectivity index (χ1v) is 3.41. The van der Waals surface area contributed by atoms with Crippen molar-refractivity contribution in [3.05, 3.63) is 0 Å². The van der Waals surface area contributed by atoms with Gasteiger partial charge in [-0.1, -0.05) is 0 Å². The maximum absolute atomic E-state index is 11.4. The summed E-state index contributed by atoms with van der Waals surface area (Å²) in [4.78, 5) is 11.4. The molecule has 1 N–H and O–H groups in total. The molecule has 1 atom stereocenters. The summed E-state index contributed by atoms with van der Waals surface area (Å²) in [7, 11) is 0. The molecule has 2 heteroatoms. The molecule has 1 unspecified atom stereocenters. The summed E-state index contributed by atoms with van der Waals surface area (Å²) in [6.45, 7) is 5.44. The van der Waals surface area contributed by atoms with Gasteiger partial charge in [-0.15, -0.1) is 0 Å². The lowest BCUT2D eigenvalue weighted by Crippen LogP contribution is -2.41. The minimum atomic E-state index is -1.65. The number of hydrogen-bond donors (Lipinski definition) is 1. The van der Waals surface area contributed by atoms with Crippen LogP contribution in [0.2, 0.25) is 0 Å². The average Bonchev–Trinajstić information content (AvgIpc) is 2.29. The maximum atomic E-state index is 11.4. The van der Waals surface area contributed by atoms with Gasteiger partial charge < -0.3 is 5.32 Å². The van der Waals surface area contributed by atoms with Crippen molar-refractivity contribution in [2.45, 2.75) is 39.1 Å². The Bertz CT molecular complexity index is 246. The quantitative estimate of drug-likeness (QED) is 0.590. The zero-order valence-corrected chi connectivity index (χ0v) is 6.62. The molecule has 2 nitrogen and oxygen atoms in total. The summed E-state index contributed by atoms with van der Waals surface area (Å²) >= 11 is 0. The van der Waals surface area contributed by atoms with Crippen LogP contribution in [0.25, 0.3) is 0 Å². The highest BCUT2D eigenvalue weighted by molar-refractivity contribution is 5.81. The van der Waals surface area contributed by atoms with Gasteiger partial charge in [0.25, 0.3) is 0 Å². The Morgan fingerprint density at radius 2 is 2.30 bits per heavy atom. The molecule has 0 saturated heterocycles. The van der Waals surface area contributed by atoms with Crippen LogP contribution in [-0.2, 0) is 4.79 Å². The molecule has 1 aliphatic rings. The van der Waals surface area contributed by atoms with Crippen LogP contribution in [0.15, 0.2) is 0 Å². The Hall–Kier alpha value is -0.530. The Kier molecular flexibility index (Phi) is 0.986. The third-order valence-electron chi connectivity index (χ3n) is 1.12. The highest BCUT2D eigenvalue weighted by atomic mass is 16.2. The molecule has 1 rings (SSSR count). The van der Waals surface area contributed by atoms with E-state index in [1.54, 1.807) is 0 Å². The third kappa shape index (κ3) is 2.38. The van der Waals surface area contributed by atoms with Crippen molar-refractivity contribution in [3.63, 3.8) is 0 Å². The molecule has 1 amide bonds. The van der Waals surface area contributed by atoms with Gasteiger partial charge in [0.1, 0.15) is 0 Å². The minimum Gasteiger partial charge on any atom is -0.351 e. The van der Waals surface area contributed by atoms with E-state index < -0.39 is 23.7 Å². The SMILES string of the molecule is [2H]C1([2H])CC1([2H])C(=O)NC(C)(C)C. The molecule has 0 aromatic heterocycles. The van der Waals surface area contributed by atoms with Crippen molar-refractivity contribution in [2.75, 3.05) is 0 Å². The molecule has 0 aromatic rings. The molecule has 10 heavy (non-hydrogen) atoms. The Morgan fingerprint density at radius 1 is 1.80 bits per heavy atom. The molecule has 0 aromatic carbocycles. The van der Waals surface area contributed by atoms with Gasteiger partial charge in [0.2, 0.25) is 5.91 Å². The molecular weight excluding hydrogens is 126 g/mol. The summed E-state index contributed by atoms with van der Waals surface area (Å²) in [5.74, 6) is -2.06. The van der Waals surface area contributed by atoms with E-state index in [1.165, 1.54) is 0 Å². The van der Waals surface area contributed by atoms with Crippen LogP contribution < -0.4 is 5.32 Å². The van der Waals surface area contributed by atoms with Gasteiger partial charge in [-0.2, -0.15) is 0 Å². The van der Waals surface area contributed by atoms with Gasteiger partial charge in [0.05, 0.1) is 0 Å². The van der Waals surface area contributed by atoms with Crippen LogP contribution in [0.1, 0.15) is 37.7 Å². The van der Waals surface area contributed by atoms with E-state index in [-0.39, 0.29) is 6.42 Å². The fraction of sp³-hybridized carbons (Fsp3) is 0.875. The van der Waals surface area contributed by atoms with Crippen molar-refractivity contribution in [1.29, 1.82) is 0 Å². The summed E-state index contributed by atoms with van der Waals surface area (Å²) in [6, 6.07) is 0. The maximum Gasteiger partial charge on any atom is 0.223 e. The Balaban J connectivity index is 2.62. The van der Waals surface area contributed by atoms with E-state index in [2.05, 4.69) is 5.32 Å². The summed E-state index contributed by atoms with van der Waals surface area (Å²) < 4.78 is 22.1. The van der Waals surface area contributed by atoms with Gasteiger partial charge in [0, 0.05) is 15.5 Å². The van der Waals surface area contributed by atoms with Gasteiger partial charge in [-0.3, -0.25) is 4.79 Å². The zero-order chi connectivity index (χ0) is 10.5. The Labute approximate surface area is 66.2 Å². The van der Waals surface area contributed by atoms with Crippen molar-refractivity contribution < 1.29 is 8.91 Å². The first-order valence-electron chi connectivity index (χ1n) is 4.91. The first-order chi connectivity index (χ1) is 5.58. The van der Waals surface area contributed by atoms with Gasteiger partial charge in [-0.05, 0) is 33.6 Å². The topological polar surface area (TPSA) is 29.1 Å². The molecule has 1 fully saturated rings. The fourth-order valence-corrected chi connectivity index (χ4v) is 0.621. The second-order valence-corrected chi connectivity index (χ2v) is 3.54. The van der Waals surface area contributed by atoms with Crippen molar-refractivity contribution >= 4 is 5.91 Å². The lowest BCUT2D eigenvalue weighted by Gasteiger charge is -2.20. The molecule has 58 valence electrons. The fourth-order valence-electron chi connectivity index (χ4n) is 0.621. The molecule has 0 aliphatic heterocycles. The zero-order valence-electron chi connectivity index (χ0n) is 9.62. The highest BCUT2D eigenvalue weighted by Crippen LogP contribution is 2.29. The molecule has 0 spiro atoms. The van der Waals surface area contributed by atoms with E-state index in [4.69, 9.17) is 4.11 Å². The highest BCUT2D eigenvalue weighted by Gasteiger charge is 2.31. The number of hydrogen-bond acceptors (Lipinski definition) is 1. The average molecular weight is 144 g/mol. The number of carbonyl (C=O) groups excluding carboxylic acids is 1. The smallest absolute Gasteiger partial charge is 0.223 e. The lowest BCUT2D eigenvalue weighted by atomic mass is 10.1. The number of nitrogens with one attached hydrogen (secondary N) is 1. The third-order valence-corrected chi connectivity index (χ3v) is 1.12. The number of amides is 1. The standard InChI is InChI=1S/C8H15NO/c1-8(2,3)9-7(10)6-4-5-6/h6H,4-5H2,1-3H3,(H,9,10)/i4D2,6D. The van der Waals surface area contributed by atoms with E-state index in [1.807, 2.05) is 20.8 Å². The summed E-state index contributed by atoms with van der Waals surface area (Å²) in [5.41, 5.74) is -0.399. The monoisotopic (exact) mass is 144 g/mol. The Morgan fingerprint density at radius 3 is 2.60 bits per heavy atom. The van der Waals surface area contributed by atoms with Crippen LogP contribution in [0.3, 0.4) is 0 Å². The second-order valence-electron chi connectivity index (χ2n) is 3.54. The van der Waals surface area contributed by atoms with E-state index in [0.717, 1.165) is 0 Å². The largest absolute Gasteiger partial charge is 0.351 e. The molecule has 1 aliphatic carbocycles.